The highest BCUT2D eigenvalue weighted by Gasteiger charge is 2.19. The highest BCUT2D eigenvalue weighted by molar-refractivity contribution is 7.99. The SMILES string of the molecule is N#CCCN(C(=O)CSc1ccc2ccccc2n1)c1ccccc1F. The van der Waals surface area contributed by atoms with Crippen molar-refractivity contribution in [1.82, 2.24) is 4.98 Å². The fourth-order valence-electron chi connectivity index (χ4n) is 2.55. The van der Waals surface area contributed by atoms with Crippen LogP contribution in [0.15, 0.2) is 65.7 Å². The number of benzene rings is 2. The van der Waals surface area contributed by atoms with Gasteiger partial charge in [-0.15, -0.1) is 0 Å². The number of hydrogen-bond acceptors (Lipinski definition) is 4. The van der Waals surface area contributed by atoms with Crippen LogP contribution in [-0.4, -0.2) is 23.2 Å². The Bertz CT molecular complexity index is 970. The molecule has 0 aliphatic rings. The summed E-state index contributed by atoms with van der Waals surface area (Å²) in [5.41, 5.74) is 1.06. The van der Waals surface area contributed by atoms with Gasteiger partial charge in [0.05, 0.1) is 34.5 Å². The van der Waals surface area contributed by atoms with Crippen LogP contribution in [-0.2, 0) is 4.79 Å². The Balaban J connectivity index is 1.74. The van der Waals surface area contributed by atoms with E-state index in [9.17, 15) is 9.18 Å². The second-order valence-electron chi connectivity index (χ2n) is 5.54. The predicted octanol–water partition coefficient (Wildman–Crippen LogP) is 4.41. The van der Waals surface area contributed by atoms with Crippen molar-refractivity contribution in [2.24, 2.45) is 0 Å². The largest absolute Gasteiger partial charge is 0.308 e. The minimum Gasteiger partial charge on any atom is -0.308 e. The van der Waals surface area contributed by atoms with E-state index in [0.717, 1.165) is 15.9 Å². The minimum absolute atomic E-state index is 0.116. The molecule has 0 spiro atoms. The zero-order chi connectivity index (χ0) is 18.4. The summed E-state index contributed by atoms with van der Waals surface area (Å²) in [6.45, 7) is 0.155. The number of aromatic nitrogens is 1. The minimum atomic E-state index is -0.479. The molecule has 2 aromatic carbocycles. The van der Waals surface area contributed by atoms with Crippen LogP contribution in [0.1, 0.15) is 6.42 Å². The van der Waals surface area contributed by atoms with Gasteiger partial charge in [0.25, 0.3) is 0 Å². The molecule has 0 aliphatic carbocycles. The second kappa shape index (κ2) is 8.45. The number of para-hydroxylation sites is 2. The average Bonchev–Trinajstić information content (AvgIpc) is 2.67. The van der Waals surface area contributed by atoms with E-state index in [0.29, 0.717) is 0 Å². The van der Waals surface area contributed by atoms with Crippen molar-refractivity contribution in [3.8, 4) is 6.07 Å². The fourth-order valence-corrected chi connectivity index (χ4v) is 3.31. The molecule has 0 unspecified atom stereocenters. The highest BCUT2D eigenvalue weighted by atomic mass is 32.2. The summed E-state index contributed by atoms with van der Waals surface area (Å²) in [7, 11) is 0. The fraction of sp³-hybridized carbons (Fsp3) is 0.150. The summed E-state index contributed by atoms with van der Waals surface area (Å²) >= 11 is 1.30. The van der Waals surface area contributed by atoms with Crippen molar-refractivity contribution in [3.63, 3.8) is 0 Å². The van der Waals surface area contributed by atoms with Gasteiger partial charge in [-0.2, -0.15) is 5.26 Å². The normalized spacial score (nSPS) is 10.5. The molecule has 0 fully saturated rings. The maximum absolute atomic E-state index is 14.1. The molecule has 0 N–H and O–H groups in total. The van der Waals surface area contributed by atoms with Gasteiger partial charge in [0.15, 0.2) is 0 Å². The Morgan fingerprint density at radius 1 is 1.12 bits per heavy atom. The summed E-state index contributed by atoms with van der Waals surface area (Å²) in [5.74, 6) is -0.622. The predicted molar refractivity (Wildman–Crippen MR) is 101 cm³/mol. The molecule has 0 saturated heterocycles. The number of fused-ring (bicyclic) bond motifs is 1. The van der Waals surface area contributed by atoms with Crippen LogP contribution in [0.25, 0.3) is 10.9 Å². The molecule has 4 nitrogen and oxygen atoms in total. The van der Waals surface area contributed by atoms with Gasteiger partial charge >= 0.3 is 0 Å². The molecule has 130 valence electrons. The van der Waals surface area contributed by atoms with Gasteiger partial charge in [0, 0.05) is 11.9 Å². The molecule has 3 rings (SSSR count). The van der Waals surface area contributed by atoms with Gasteiger partial charge < -0.3 is 4.90 Å². The summed E-state index contributed by atoms with van der Waals surface area (Å²) < 4.78 is 14.1. The number of nitrogens with zero attached hydrogens (tertiary/aromatic N) is 3. The van der Waals surface area contributed by atoms with Crippen molar-refractivity contribution in [1.29, 1.82) is 5.26 Å². The number of pyridine rings is 1. The Labute approximate surface area is 155 Å². The van der Waals surface area contributed by atoms with E-state index < -0.39 is 5.82 Å². The lowest BCUT2D eigenvalue weighted by atomic mass is 10.2. The Morgan fingerprint density at radius 2 is 1.88 bits per heavy atom. The number of rotatable bonds is 6. The van der Waals surface area contributed by atoms with Gasteiger partial charge in [-0.3, -0.25) is 4.79 Å². The first-order valence-corrected chi connectivity index (χ1v) is 9.08. The Morgan fingerprint density at radius 3 is 2.69 bits per heavy atom. The summed E-state index contributed by atoms with van der Waals surface area (Å²) in [6, 6.07) is 19.7. The van der Waals surface area contributed by atoms with E-state index in [-0.39, 0.29) is 30.3 Å². The van der Waals surface area contributed by atoms with E-state index >= 15 is 0 Å². The molecule has 1 amide bonds. The maximum Gasteiger partial charge on any atom is 0.237 e. The van der Waals surface area contributed by atoms with E-state index in [2.05, 4.69) is 4.98 Å². The van der Waals surface area contributed by atoms with Crippen molar-refractivity contribution in [2.75, 3.05) is 17.2 Å². The van der Waals surface area contributed by atoms with Crippen molar-refractivity contribution in [2.45, 2.75) is 11.4 Å². The molecule has 0 radical (unpaired) electrons. The first-order chi connectivity index (χ1) is 12.7. The highest BCUT2D eigenvalue weighted by Crippen LogP contribution is 2.23. The number of amides is 1. The number of hydrogen-bond donors (Lipinski definition) is 0. The number of carbonyl (C=O) groups is 1. The average molecular weight is 365 g/mol. The number of thioether (sulfide) groups is 1. The summed E-state index contributed by atoms with van der Waals surface area (Å²) in [5, 5.41) is 10.6. The topological polar surface area (TPSA) is 57.0 Å². The Kier molecular flexibility index (Phi) is 5.82. The second-order valence-corrected chi connectivity index (χ2v) is 6.53. The van der Waals surface area contributed by atoms with Gasteiger partial charge in [-0.25, -0.2) is 9.37 Å². The number of nitriles is 1. The number of carbonyl (C=O) groups excluding carboxylic acids is 1. The quantitative estimate of drug-likeness (QED) is 0.607. The van der Waals surface area contributed by atoms with Crippen LogP contribution in [0.4, 0.5) is 10.1 Å². The molecule has 1 aromatic heterocycles. The molecule has 0 saturated carbocycles. The summed E-state index contributed by atoms with van der Waals surface area (Å²) in [4.78, 5) is 18.5. The van der Waals surface area contributed by atoms with Crippen molar-refractivity contribution < 1.29 is 9.18 Å². The van der Waals surface area contributed by atoms with Gasteiger partial charge in [-0.05, 0) is 24.3 Å². The maximum atomic E-state index is 14.1. The summed E-state index contributed by atoms with van der Waals surface area (Å²) in [6.07, 6.45) is 0.138. The van der Waals surface area contributed by atoms with Gasteiger partial charge in [0.1, 0.15) is 5.82 Å². The third kappa shape index (κ3) is 4.19. The molecule has 3 aromatic rings. The van der Waals surface area contributed by atoms with Crippen LogP contribution >= 0.6 is 11.8 Å². The lowest BCUT2D eigenvalue weighted by molar-refractivity contribution is -0.116. The monoisotopic (exact) mass is 365 g/mol. The zero-order valence-electron chi connectivity index (χ0n) is 13.9. The van der Waals surface area contributed by atoms with Crippen molar-refractivity contribution >= 4 is 34.3 Å². The standard InChI is InChI=1S/C20H16FN3OS/c21-16-7-2-4-9-18(16)24(13-5-12-22)20(25)14-26-19-11-10-15-6-1-3-8-17(15)23-19/h1-4,6-11H,5,13-14H2. The molecular weight excluding hydrogens is 349 g/mol. The Hall–Kier alpha value is -2.91. The molecular formula is C20H16FN3OS. The number of halogens is 1. The van der Waals surface area contributed by atoms with Crippen LogP contribution in [0.3, 0.4) is 0 Å². The third-order valence-electron chi connectivity index (χ3n) is 3.81. The number of anilines is 1. The van der Waals surface area contributed by atoms with Crippen LogP contribution in [0, 0.1) is 17.1 Å². The molecule has 26 heavy (non-hydrogen) atoms. The van der Waals surface area contributed by atoms with Gasteiger partial charge in [0.2, 0.25) is 5.91 Å². The van der Waals surface area contributed by atoms with E-state index in [1.807, 2.05) is 42.5 Å². The van der Waals surface area contributed by atoms with Crippen LogP contribution in [0.5, 0.6) is 0 Å². The zero-order valence-corrected chi connectivity index (χ0v) is 14.7. The first kappa shape index (κ1) is 17.9. The van der Waals surface area contributed by atoms with Crippen LogP contribution < -0.4 is 4.90 Å². The lowest BCUT2D eigenvalue weighted by Gasteiger charge is -2.22. The third-order valence-corrected chi connectivity index (χ3v) is 4.72. The molecule has 0 bridgehead atoms. The van der Waals surface area contributed by atoms with E-state index in [1.165, 1.54) is 22.7 Å². The molecule has 6 heteroatoms. The first-order valence-electron chi connectivity index (χ1n) is 8.09. The van der Waals surface area contributed by atoms with E-state index in [1.54, 1.807) is 18.2 Å². The van der Waals surface area contributed by atoms with Crippen molar-refractivity contribution in [3.05, 3.63) is 66.5 Å². The smallest absolute Gasteiger partial charge is 0.237 e. The van der Waals surface area contributed by atoms with Crippen LogP contribution in [0.2, 0.25) is 0 Å². The molecule has 0 aliphatic heterocycles. The van der Waals surface area contributed by atoms with E-state index in [4.69, 9.17) is 5.26 Å². The molecule has 1 heterocycles. The lowest BCUT2D eigenvalue weighted by Crippen LogP contribution is -2.34. The molecule has 0 atom stereocenters. The van der Waals surface area contributed by atoms with Gasteiger partial charge in [-0.1, -0.05) is 48.2 Å².